The van der Waals surface area contributed by atoms with Crippen molar-refractivity contribution in [3.8, 4) is 0 Å². The molecule has 0 amide bonds. The number of esters is 2. The van der Waals surface area contributed by atoms with Crippen molar-refractivity contribution in [2.75, 3.05) is 27.4 Å². The lowest BCUT2D eigenvalue weighted by atomic mass is 9.86. The second-order valence-electron chi connectivity index (χ2n) is 6.59. The summed E-state index contributed by atoms with van der Waals surface area (Å²) in [6.07, 6.45) is -7.10. The second-order valence-corrected chi connectivity index (χ2v) is 6.59. The van der Waals surface area contributed by atoms with Crippen LogP contribution in [0.4, 0.5) is 0 Å². The largest absolute Gasteiger partial charge is 0.469 e. The molecule has 0 aromatic rings. The van der Waals surface area contributed by atoms with E-state index in [1.807, 2.05) is 0 Å². The van der Waals surface area contributed by atoms with E-state index in [0.717, 1.165) is 13.4 Å². The Labute approximate surface area is 171 Å². The first-order valence-electron chi connectivity index (χ1n) is 9.06. The van der Waals surface area contributed by atoms with E-state index in [4.69, 9.17) is 18.9 Å². The van der Waals surface area contributed by atoms with Crippen LogP contribution in [-0.2, 0) is 33.3 Å². The summed E-state index contributed by atoms with van der Waals surface area (Å²) in [5.74, 6) is -2.38. The van der Waals surface area contributed by atoms with Crippen LogP contribution < -0.4 is 0 Å². The number of carbonyl (C=O) groups excluding carboxylic acids is 2. The molecule has 0 radical (unpaired) electrons. The molecule has 1 fully saturated rings. The lowest BCUT2D eigenvalue weighted by Crippen LogP contribution is -2.60. The number of aliphatic hydroxyl groups excluding tert-OH is 5. The van der Waals surface area contributed by atoms with E-state index in [9.17, 15) is 35.1 Å². The van der Waals surface area contributed by atoms with Crippen molar-refractivity contribution in [1.29, 1.82) is 0 Å². The average Bonchev–Trinajstić information content (AvgIpc) is 2.75. The predicted octanol–water partition coefficient (Wildman–Crippen LogP) is -2.69. The molecule has 30 heavy (non-hydrogen) atoms. The maximum absolute atomic E-state index is 12.1. The third-order valence-electron chi connectivity index (χ3n) is 4.82. The van der Waals surface area contributed by atoms with Crippen molar-refractivity contribution in [1.82, 2.24) is 0 Å². The summed E-state index contributed by atoms with van der Waals surface area (Å²) < 4.78 is 25.6. The van der Waals surface area contributed by atoms with E-state index in [1.54, 1.807) is 0 Å². The molecule has 12 nitrogen and oxygen atoms in total. The van der Waals surface area contributed by atoms with Crippen molar-refractivity contribution in [3.63, 3.8) is 0 Å². The number of hydrogen-bond donors (Lipinski definition) is 5. The lowest BCUT2D eigenvalue weighted by molar-refractivity contribution is -0.327. The number of ether oxygens (including phenoxy) is 5. The number of rotatable bonds is 7. The number of aliphatic hydroxyl groups is 5. The summed E-state index contributed by atoms with van der Waals surface area (Å²) in [4.78, 5) is 24.0. The van der Waals surface area contributed by atoms with Crippen LogP contribution in [-0.4, -0.2) is 102 Å². The van der Waals surface area contributed by atoms with Crippen molar-refractivity contribution in [3.05, 3.63) is 23.5 Å². The molecule has 0 aromatic carbocycles. The highest BCUT2D eigenvalue weighted by Crippen LogP contribution is 2.36. The fourth-order valence-electron chi connectivity index (χ4n) is 3.18. The quantitative estimate of drug-likeness (QED) is 0.207. The molecule has 1 saturated heterocycles. The van der Waals surface area contributed by atoms with Crippen LogP contribution in [0.3, 0.4) is 0 Å². The van der Waals surface area contributed by atoms with Crippen molar-refractivity contribution < 1.29 is 58.8 Å². The Kier molecular flexibility index (Phi) is 8.73. The van der Waals surface area contributed by atoms with Gasteiger partial charge < -0.3 is 49.2 Å². The van der Waals surface area contributed by atoms with Crippen LogP contribution in [0.15, 0.2) is 23.5 Å². The maximum atomic E-state index is 12.1. The van der Waals surface area contributed by atoms with Gasteiger partial charge in [-0.15, -0.1) is 0 Å². The molecular weight excluding hydrogens is 408 g/mol. The first-order valence-corrected chi connectivity index (χ1v) is 9.06. The van der Waals surface area contributed by atoms with Gasteiger partial charge in [0.15, 0.2) is 6.29 Å². The fraction of sp³-hybridized carbons (Fsp3) is 0.667. The highest BCUT2D eigenvalue weighted by atomic mass is 16.8. The topological polar surface area (TPSA) is 181 Å². The molecule has 5 N–H and O–H groups in total. The second kappa shape index (κ2) is 10.8. The van der Waals surface area contributed by atoms with E-state index in [-0.39, 0.29) is 17.6 Å². The molecule has 0 aliphatic carbocycles. The first-order chi connectivity index (χ1) is 14.3. The highest BCUT2D eigenvalue weighted by molar-refractivity contribution is 5.90. The van der Waals surface area contributed by atoms with Crippen molar-refractivity contribution in [2.24, 2.45) is 5.92 Å². The van der Waals surface area contributed by atoms with Crippen molar-refractivity contribution in [2.45, 2.75) is 43.4 Å². The Balaban J connectivity index is 2.32. The average molecular weight is 434 g/mol. The summed E-state index contributed by atoms with van der Waals surface area (Å²) in [5.41, 5.74) is 0.110. The summed E-state index contributed by atoms with van der Waals surface area (Å²) in [7, 11) is 2.31. The van der Waals surface area contributed by atoms with Gasteiger partial charge in [0.25, 0.3) is 0 Å². The number of carbonyl (C=O) groups is 2. The summed E-state index contributed by atoms with van der Waals surface area (Å²) in [6, 6.07) is 0. The monoisotopic (exact) mass is 434 g/mol. The molecule has 2 aliphatic rings. The molecule has 0 bridgehead atoms. The van der Waals surface area contributed by atoms with E-state index in [1.165, 1.54) is 13.2 Å². The fourth-order valence-corrected chi connectivity index (χ4v) is 3.18. The zero-order valence-corrected chi connectivity index (χ0v) is 16.4. The molecule has 2 aliphatic heterocycles. The minimum atomic E-state index is -1.70. The molecule has 2 rings (SSSR count). The molecule has 170 valence electrons. The van der Waals surface area contributed by atoms with E-state index in [2.05, 4.69) is 4.74 Å². The van der Waals surface area contributed by atoms with Gasteiger partial charge in [0, 0.05) is 11.5 Å². The first kappa shape index (κ1) is 24.2. The third kappa shape index (κ3) is 5.16. The third-order valence-corrected chi connectivity index (χ3v) is 4.82. The van der Waals surface area contributed by atoms with Gasteiger partial charge >= 0.3 is 11.9 Å². The van der Waals surface area contributed by atoms with Crippen molar-refractivity contribution >= 4 is 11.9 Å². The zero-order chi connectivity index (χ0) is 22.4. The molecule has 7 atom stereocenters. The summed E-state index contributed by atoms with van der Waals surface area (Å²) in [6.45, 7) is -1.16. The van der Waals surface area contributed by atoms with Crippen LogP contribution in [0.2, 0.25) is 0 Å². The van der Waals surface area contributed by atoms with Gasteiger partial charge in [-0.05, 0) is 0 Å². The number of hydrogen-bond acceptors (Lipinski definition) is 12. The smallest absolute Gasteiger partial charge is 0.337 e. The normalized spacial score (nSPS) is 35.4. The Morgan fingerprint density at radius 3 is 2.37 bits per heavy atom. The molecule has 0 saturated carbocycles. The van der Waals surface area contributed by atoms with Crippen LogP contribution in [0.25, 0.3) is 0 Å². The zero-order valence-electron chi connectivity index (χ0n) is 16.4. The SMILES string of the molecule is COC(=O)C[C@@H]1C(C(=O)OC)=CO[C@@H](O[C@@H]2O[C@H](CO)[C@@H](O)[C@H](O)[C@H]2O)/C1=C\CO. The molecule has 2 heterocycles. The van der Waals surface area contributed by atoms with Gasteiger partial charge in [0.05, 0.1) is 45.7 Å². The summed E-state index contributed by atoms with van der Waals surface area (Å²) >= 11 is 0. The van der Waals surface area contributed by atoms with Crippen LogP contribution >= 0.6 is 0 Å². The van der Waals surface area contributed by atoms with E-state index >= 15 is 0 Å². The maximum Gasteiger partial charge on any atom is 0.337 e. The minimum Gasteiger partial charge on any atom is -0.469 e. The van der Waals surface area contributed by atoms with Gasteiger partial charge in [-0.2, -0.15) is 0 Å². The van der Waals surface area contributed by atoms with Gasteiger partial charge in [-0.25, -0.2) is 4.79 Å². The lowest BCUT2D eigenvalue weighted by Gasteiger charge is -2.41. The molecule has 0 spiro atoms. The van der Waals surface area contributed by atoms with Crippen LogP contribution in [0.1, 0.15) is 6.42 Å². The molecule has 0 unspecified atom stereocenters. The number of methoxy groups -OCH3 is 2. The van der Waals surface area contributed by atoms with E-state index in [0.29, 0.717) is 0 Å². The Hall–Kier alpha value is -2.06. The molecule has 0 aromatic heterocycles. The van der Waals surface area contributed by atoms with Gasteiger partial charge in [0.2, 0.25) is 6.29 Å². The molecule has 12 heteroatoms. The predicted molar refractivity (Wildman–Crippen MR) is 95.1 cm³/mol. The standard InChI is InChI=1S/C18H26O12/c1-26-12(21)5-9-8(3-4-19)17(28-7-10(9)16(25)27-2)30-18-15(24)14(23)13(22)11(6-20)29-18/h3,7,9,11,13-15,17-20,22-24H,4-6H2,1-2H3/b8-3-/t9-,11+,13+,14-,15+,17-,18-/m0/s1. The van der Waals surface area contributed by atoms with Gasteiger partial charge in [-0.1, -0.05) is 6.08 Å². The van der Waals surface area contributed by atoms with Crippen LogP contribution in [0.5, 0.6) is 0 Å². The Morgan fingerprint density at radius 1 is 1.10 bits per heavy atom. The summed E-state index contributed by atoms with van der Waals surface area (Å²) in [5, 5.41) is 48.7. The Morgan fingerprint density at radius 2 is 1.80 bits per heavy atom. The van der Waals surface area contributed by atoms with Crippen LogP contribution in [0, 0.1) is 5.92 Å². The Bertz CT molecular complexity index is 672. The van der Waals surface area contributed by atoms with Gasteiger partial charge in [-0.3, -0.25) is 4.79 Å². The molecular formula is C18H26O12. The van der Waals surface area contributed by atoms with E-state index < -0.39 is 68.1 Å². The minimum absolute atomic E-state index is 0.0312. The van der Waals surface area contributed by atoms with Gasteiger partial charge in [0.1, 0.15) is 24.4 Å². The highest BCUT2D eigenvalue weighted by Gasteiger charge is 2.46.